The standard InChI is InChI=1S/C18H23FN6O2.ClH/c1-12(20)17(26)24-9-6-15(7-10-24)25-16(5-8-21-25)23-18(27)22-14-4-2-3-13(19)11-14;/h2-5,8,11-12,15H,6-7,9-10,20H2,1H3,(H2,22,23,27);1H/t12-;/m1./s1. The number of benzene rings is 1. The molecule has 152 valence electrons. The third kappa shape index (κ3) is 5.20. The van der Waals surface area contributed by atoms with Crippen molar-refractivity contribution in [2.45, 2.75) is 31.8 Å². The maximum atomic E-state index is 13.2. The van der Waals surface area contributed by atoms with Crippen LogP contribution in [0.2, 0.25) is 0 Å². The number of likely N-dealkylation sites (tertiary alicyclic amines) is 1. The summed E-state index contributed by atoms with van der Waals surface area (Å²) >= 11 is 0. The van der Waals surface area contributed by atoms with Crippen molar-refractivity contribution in [3.63, 3.8) is 0 Å². The minimum atomic E-state index is -0.505. The van der Waals surface area contributed by atoms with E-state index in [0.717, 1.165) is 12.8 Å². The van der Waals surface area contributed by atoms with Gasteiger partial charge in [0.15, 0.2) is 0 Å². The van der Waals surface area contributed by atoms with Crippen LogP contribution in [0.1, 0.15) is 25.8 Å². The van der Waals surface area contributed by atoms with Crippen LogP contribution in [0, 0.1) is 5.82 Å². The molecule has 8 nitrogen and oxygen atoms in total. The fourth-order valence-corrected chi connectivity index (χ4v) is 3.17. The monoisotopic (exact) mass is 410 g/mol. The summed E-state index contributed by atoms with van der Waals surface area (Å²) in [6.07, 6.45) is 3.05. The van der Waals surface area contributed by atoms with Gasteiger partial charge in [-0.3, -0.25) is 10.1 Å². The lowest BCUT2D eigenvalue weighted by molar-refractivity contribution is -0.133. The minimum Gasteiger partial charge on any atom is -0.341 e. The quantitative estimate of drug-likeness (QED) is 0.720. The molecule has 1 saturated heterocycles. The van der Waals surface area contributed by atoms with Gasteiger partial charge >= 0.3 is 6.03 Å². The van der Waals surface area contributed by atoms with E-state index in [1.807, 2.05) is 0 Å². The number of urea groups is 1. The number of amides is 3. The van der Waals surface area contributed by atoms with Crippen LogP contribution in [-0.4, -0.2) is 45.8 Å². The lowest BCUT2D eigenvalue weighted by Crippen LogP contribution is -2.46. The second kappa shape index (κ2) is 9.52. The number of anilines is 2. The number of rotatable bonds is 4. The summed E-state index contributed by atoms with van der Waals surface area (Å²) in [5.74, 6) is 0.0635. The Bertz CT molecular complexity index is 820. The van der Waals surface area contributed by atoms with Crippen molar-refractivity contribution in [1.29, 1.82) is 0 Å². The largest absolute Gasteiger partial charge is 0.341 e. The third-order valence-corrected chi connectivity index (χ3v) is 4.51. The molecule has 1 fully saturated rings. The van der Waals surface area contributed by atoms with Gasteiger partial charge in [-0.1, -0.05) is 6.07 Å². The number of nitrogens with two attached hydrogens (primary N) is 1. The molecule has 1 aromatic heterocycles. The van der Waals surface area contributed by atoms with Gasteiger partial charge in [0.25, 0.3) is 0 Å². The number of nitrogens with zero attached hydrogens (tertiary/aromatic N) is 3. The van der Waals surface area contributed by atoms with Crippen LogP contribution >= 0.6 is 12.4 Å². The zero-order chi connectivity index (χ0) is 19.4. The molecule has 4 N–H and O–H groups in total. The highest BCUT2D eigenvalue weighted by Crippen LogP contribution is 2.25. The molecule has 3 rings (SSSR count). The van der Waals surface area contributed by atoms with Crippen LogP contribution in [0.4, 0.5) is 20.7 Å². The van der Waals surface area contributed by atoms with Crippen molar-refractivity contribution in [1.82, 2.24) is 14.7 Å². The van der Waals surface area contributed by atoms with Crippen molar-refractivity contribution in [3.8, 4) is 0 Å². The lowest BCUT2D eigenvalue weighted by Gasteiger charge is -2.33. The highest BCUT2D eigenvalue weighted by atomic mass is 35.5. The van der Waals surface area contributed by atoms with Crippen molar-refractivity contribution in [2.24, 2.45) is 5.73 Å². The Morgan fingerprint density at radius 1 is 1.25 bits per heavy atom. The Kier molecular flexibility index (Phi) is 7.36. The number of nitrogens with one attached hydrogen (secondary N) is 2. The number of carbonyl (C=O) groups is 2. The Hall–Kier alpha value is -2.65. The number of carbonyl (C=O) groups excluding carboxylic acids is 2. The van der Waals surface area contributed by atoms with Crippen LogP contribution in [0.25, 0.3) is 0 Å². The van der Waals surface area contributed by atoms with Gasteiger partial charge in [0.2, 0.25) is 5.91 Å². The molecule has 1 atom stereocenters. The van der Waals surface area contributed by atoms with E-state index in [2.05, 4.69) is 15.7 Å². The molecule has 0 radical (unpaired) electrons. The molecular weight excluding hydrogens is 387 g/mol. The summed E-state index contributed by atoms with van der Waals surface area (Å²) in [5, 5.41) is 9.63. The van der Waals surface area contributed by atoms with Gasteiger partial charge in [-0.05, 0) is 38.0 Å². The van der Waals surface area contributed by atoms with Crippen molar-refractivity contribution < 1.29 is 14.0 Å². The number of halogens is 2. The second-order valence-electron chi connectivity index (χ2n) is 6.60. The van der Waals surface area contributed by atoms with Crippen LogP contribution in [-0.2, 0) is 4.79 Å². The summed E-state index contributed by atoms with van der Waals surface area (Å²) in [6.45, 7) is 2.88. The predicted molar refractivity (Wildman–Crippen MR) is 107 cm³/mol. The number of aromatic nitrogens is 2. The zero-order valence-corrected chi connectivity index (χ0v) is 16.3. The van der Waals surface area contributed by atoms with Gasteiger partial charge in [0.1, 0.15) is 11.6 Å². The van der Waals surface area contributed by atoms with Crippen LogP contribution < -0.4 is 16.4 Å². The molecular formula is C18H24ClFN6O2. The highest BCUT2D eigenvalue weighted by molar-refractivity contribution is 5.99. The van der Waals surface area contributed by atoms with Crippen LogP contribution in [0.15, 0.2) is 36.5 Å². The zero-order valence-electron chi connectivity index (χ0n) is 15.5. The van der Waals surface area contributed by atoms with Crippen molar-refractivity contribution in [2.75, 3.05) is 23.7 Å². The summed E-state index contributed by atoms with van der Waals surface area (Å²) in [4.78, 5) is 25.9. The molecule has 1 aliphatic rings. The Balaban J connectivity index is 0.00000280. The van der Waals surface area contributed by atoms with Gasteiger partial charge in [-0.15, -0.1) is 12.4 Å². The van der Waals surface area contributed by atoms with Gasteiger partial charge in [-0.2, -0.15) is 5.10 Å². The van der Waals surface area contributed by atoms with Crippen molar-refractivity contribution >= 4 is 35.9 Å². The first-order chi connectivity index (χ1) is 12.9. The average molecular weight is 411 g/mol. The first-order valence-electron chi connectivity index (χ1n) is 8.85. The molecule has 0 bridgehead atoms. The maximum absolute atomic E-state index is 13.2. The number of hydrogen-bond donors (Lipinski definition) is 3. The van der Waals surface area contributed by atoms with Crippen molar-refractivity contribution in [3.05, 3.63) is 42.3 Å². The van der Waals surface area contributed by atoms with E-state index in [-0.39, 0.29) is 24.4 Å². The third-order valence-electron chi connectivity index (χ3n) is 4.51. The molecule has 0 spiro atoms. The summed E-state index contributed by atoms with van der Waals surface area (Å²) in [7, 11) is 0. The summed E-state index contributed by atoms with van der Waals surface area (Å²) < 4.78 is 15.0. The topological polar surface area (TPSA) is 105 Å². The number of hydrogen-bond acceptors (Lipinski definition) is 4. The highest BCUT2D eigenvalue weighted by Gasteiger charge is 2.27. The van der Waals surface area contributed by atoms with Gasteiger partial charge in [0.05, 0.1) is 18.3 Å². The van der Waals surface area contributed by atoms with E-state index in [1.54, 1.807) is 34.8 Å². The average Bonchev–Trinajstić information content (AvgIpc) is 3.09. The number of piperidine rings is 1. The first kappa shape index (κ1) is 21.6. The first-order valence-corrected chi connectivity index (χ1v) is 8.85. The molecule has 1 aromatic carbocycles. The van der Waals surface area contributed by atoms with E-state index in [1.165, 1.54) is 18.2 Å². The van der Waals surface area contributed by atoms with E-state index in [4.69, 9.17) is 5.73 Å². The minimum absolute atomic E-state index is 0. The van der Waals surface area contributed by atoms with Gasteiger partial charge < -0.3 is 16.0 Å². The smallest absolute Gasteiger partial charge is 0.324 e. The van der Waals surface area contributed by atoms with Crippen LogP contribution in [0.5, 0.6) is 0 Å². The Labute approximate surface area is 168 Å². The molecule has 28 heavy (non-hydrogen) atoms. The molecule has 3 amide bonds. The Morgan fingerprint density at radius 2 is 1.96 bits per heavy atom. The molecule has 0 unspecified atom stereocenters. The Morgan fingerprint density at radius 3 is 2.61 bits per heavy atom. The molecule has 1 aliphatic heterocycles. The van der Waals surface area contributed by atoms with E-state index >= 15 is 0 Å². The summed E-state index contributed by atoms with van der Waals surface area (Å²) in [5.41, 5.74) is 6.02. The molecule has 0 saturated carbocycles. The molecule has 0 aliphatic carbocycles. The molecule has 10 heteroatoms. The summed E-state index contributed by atoms with van der Waals surface area (Å²) in [6, 6.07) is 6.45. The fourth-order valence-electron chi connectivity index (χ4n) is 3.17. The van der Waals surface area contributed by atoms with E-state index in [9.17, 15) is 14.0 Å². The molecule has 2 heterocycles. The molecule has 2 aromatic rings. The normalized spacial score (nSPS) is 15.5. The van der Waals surface area contributed by atoms with E-state index < -0.39 is 17.9 Å². The SMILES string of the molecule is C[C@@H](N)C(=O)N1CCC(n2nccc2NC(=O)Nc2cccc(F)c2)CC1.Cl. The lowest BCUT2D eigenvalue weighted by atomic mass is 10.0. The van der Waals surface area contributed by atoms with Gasteiger partial charge in [0, 0.05) is 24.8 Å². The maximum Gasteiger partial charge on any atom is 0.324 e. The van der Waals surface area contributed by atoms with E-state index in [0.29, 0.717) is 24.6 Å². The second-order valence-corrected chi connectivity index (χ2v) is 6.60. The predicted octanol–water partition coefficient (Wildman–Crippen LogP) is 2.60. The van der Waals surface area contributed by atoms with Gasteiger partial charge in [-0.25, -0.2) is 13.9 Å². The van der Waals surface area contributed by atoms with Crippen LogP contribution in [0.3, 0.4) is 0 Å². The fraction of sp³-hybridized carbons (Fsp3) is 0.389.